The number of benzene rings is 1. The minimum absolute atomic E-state index is 0.305. The van der Waals surface area contributed by atoms with Crippen molar-refractivity contribution in [1.82, 2.24) is 5.32 Å². The van der Waals surface area contributed by atoms with E-state index >= 15 is 0 Å². The van der Waals surface area contributed by atoms with Crippen LogP contribution in [0.4, 0.5) is 4.79 Å². The number of carbonyl (C=O) groups excluding carboxylic acids is 2. The fourth-order valence-corrected chi connectivity index (χ4v) is 1.63. The van der Waals surface area contributed by atoms with Crippen molar-refractivity contribution in [3.63, 3.8) is 0 Å². The van der Waals surface area contributed by atoms with E-state index in [1.807, 2.05) is 13.0 Å². The average molecular weight is 221 g/mol. The van der Waals surface area contributed by atoms with E-state index in [1.54, 1.807) is 12.1 Å². The zero-order valence-corrected chi connectivity index (χ0v) is 9.12. The molecule has 0 unspecified atom stereocenters. The Morgan fingerprint density at radius 1 is 1.31 bits per heavy atom. The third-order valence-electron chi connectivity index (χ3n) is 2.35. The van der Waals surface area contributed by atoms with Crippen LogP contribution in [0.15, 0.2) is 18.2 Å². The highest BCUT2D eigenvalue weighted by Gasteiger charge is 2.10. The highest BCUT2D eigenvalue weighted by atomic mass is 16.2. The van der Waals surface area contributed by atoms with Crippen molar-refractivity contribution >= 4 is 11.9 Å². The molecule has 86 valence electrons. The minimum atomic E-state index is -0.591. The predicted octanol–water partition coefficient (Wildman–Crippen LogP) is 0.516. The van der Waals surface area contributed by atoms with Crippen LogP contribution < -0.4 is 16.8 Å². The maximum absolute atomic E-state index is 11.2. The quantitative estimate of drug-likeness (QED) is 0.690. The lowest BCUT2D eigenvalue weighted by molar-refractivity contribution is 0.0999. The van der Waals surface area contributed by atoms with E-state index in [9.17, 15) is 9.59 Å². The lowest BCUT2D eigenvalue weighted by Gasteiger charge is -2.11. The van der Waals surface area contributed by atoms with Gasteiger partial charge in [0.05, 0.1) is 0 Å². The van der Waals surface area contributed by atoms with Crippen LogP contribution in [-0.4, -0.2) is 11.9 Å². The number of urea groups is 1. The first kappa shape index (κ1) is 12.0. The van der Waals surface area contributed by atoms with Gasteiger partial charge < -0.3 is 16.8 Å². The first-order valence-corrected chi connectivity index (χ1v) is 5.00. The maximum Gasteiger partial charge on any atom is 0.312 e. The van der Waals surface area contributed by atoms with Crippen molar-refractivity contribution in [2.45, 2.75) is 19.9 Å². The molecule has 5 heteroatoms. The number of hydrogen-bond acceptors (Lipinski definition) is 2. The lowest BCUT2D eigenvalue weighted by Crippen LogP contribution is -2.29. The third kappa shape index (κ3) is 2.73. The highest BCUT2D eigenvalue weighted by Crippen LogP contribution is 2.15. The summed E-state index contributed by atoms with van der Waals surface area (Å²) in [5.74, 6) is -0.460. The molecule has 1 aromatic carbocycles. The summed E-state index contributed by atoms with van der Waals surface area (Å²) < 4.78 is 0. The van der Waals surface area contributed by atoms with Crippen molar-refractivity contribution in [2.24, 2.45) is 11.5 Å². The summed E-state index contributed by atoms with van der Waals surface area (Å²) in [7, 11) is 0. The number of nitrogens with one attached hydrogen (secondary N) is 1. The molecule has 16 heavy (non-hydrogen) atoms. The van der Waals surface area contributed by atoms with Gasteiger partial charge in [0.25, 0.3) is 0 Å². The van der Waals surface area contributed by atoms with Gasteiger partial charge in [-0.25, -0.2) is 4.79 Å². The van der Waals surface area contributed by atoms with Gasteiger partial charge in [-0.3, -0.25) is 4.79 Å². The molecule has 1 aromatic rings. The van der Waals surface area contributed by atoms with Gasteiger partial charge in [0, 0.05) is 12.1 Å². The van der Waals surface area contributed by atoms with Gasteiger partial charge in [0.2, 0.25) is 5.91 Å². The molecule has 0 radical (unpaired) electrons. The Labute approximate surface area is 93.8 Å². The summed E-state index contributed by atoms with van der Waals surface area (Å²) in [6.07, 6.45) is 0.675. The molecule has 0 fully saturated rings. The molecular formula is C11H15N3O2. The van der Waals surface area contributed by atoms with Crippen molar-refractivity contribution in [3.8, 4) is 0 Å². The number of primary amides is 2. The molecular weight excluding hydrogens is 206 g/mol. The molecule has 5 nitrogen and oxygen atoms in total. The van der Waals surface area contributed by atoms with E-state index in [4.69, 9.17) is 11.5 Å². The topological polar surface area (TPSA) is 98.2 Å². The Balaban J connectivity index is 3.04. The number of carbonyl (C=O) groups is 2. The average Bonchev–Trinajstić information content (AvgIpc) is 2.25. The normalized spacial score (nSPS) is 9.81. The monoisotopic (exact) mass is 221 g/mol. The molecule has 5 N–H and O–H groups in total. The molecule has 0 aliphatic carbocycles. The van der Waals surface area contributed by atoms with Crippen LogP contribution in [0.2, 0.25) is 0 Å². The van der Waals surface area contributed by atoms with Crippen molar-refractivity contribution < 1.29 is 9.59 Å². The number of nitrogens with two attached hydrogens (primary N) is 2. The van der Waals surface area contributed by atoms with E-state index < -0.39 is 11.9 Å². The molecule has 0 heterocycles. The Bertz CT molecular complexity index is 416. The smallest absolute Gasteiger partial charge is 0.312 e. The van der Waals surface area contributed by atoms with Crippen LogP contribution in [0, 0.1) is 0 Å². The third-order valence-corrected chi connectivity index (χ3v) is 2.35. The SMILES string of the molecule is CCc1c(CNC(N)=O)cccc1C(N)=O. The molecule has 0 aromatic heterocycles. The van der Waals surface area contributed by atoms with Gasteiger partial charge in [-0.2, -0.15) is 0 Å². The first-order valence-electron chi connectivity index (χ1n) is 5.00. The van der Waals surface area contributed by atoms with Gasteiger partial charge >= 0.3 is 6.03 Å². The lowest BCUT2D eigenvalue weighted by atomic mass is 9.98. The van der Waals surface area contributed by atoms with Crippen LogP contribution in [0.25, 0.3) is 0 Å². The summed E-state index contributed by atoms with van der Waals surface area (Å²) in [5.41, 5.74) is 12.5. The van der Waals surface area contributed by atoms with E-state index in [0.29, 0.717) is 18.5 Å². The van der Waals surface area contributed by atoms with Crippen molar-refractivity contribution in [3.05, 3.63) is 34.9 Å². The van der Waals surface area contributed by atoms with Gasteiger partial charge in [0.15, 0.2) is 0 Å². The van der Waals surface area contributed by atoms with Crippen molar-refractivity contribution in [1.29, 1.82) is 0 Å². The summed E-state index contributed by atoms with van der Waals surface area (Å²) >= 11 is 0. The van der Waals surface area contributed by atoms with E-state index in [-0.39, 0.29) is 0 Å². The molecule has 0 atom stereocenters. The molecule has 0 bridgehead atoms. The summed E-state index contributed by atoms with van der Waals surface area (Å²) in [6, 6.07) is 4.65. The van der Waals surface area contributed by atoms with Gasteiger partial charge in [-0.15, -0.1) is 0 Å². The largest absolute Gasteiger partial charge is 0.366 e. The standard InChI is InChI=1S/C11H15N3O2/c1-2-8-7(6-14-11(13)16)4-3-5-9(8)10(12)15/h3-5H,2,6H2,1H3,(H2,12,15)(H3,13,14,16). The minimum Gasteiger partial charge on any atom is -0.366 e. The zero-order chi connectivity index (χ0) is 12.1. The molecule has 3 amide bonds. The van der Waals surface area contributed by atoms with Crippen molar-refractivity contribution in [2.75, 3.05) is 0 Å². The fourth-order valence-electron chi connectivity index (χ4n) is 1.63. The molecule has 0 saturated carbocycles. The molecule has 0 aliphatic rings. The van der Waals surface area contributed by atoms with Gasteiger partial charge in [-0.05, 0) is 23.6 Å². The zero-order valence-electron chi connectivity index (χ0n) is 9.12. The Morgan fingerprint density at radius 2 is 2.00 bits per heavy atom. The summed E-state index contributed by atoms with van der Waals surface area (Å²) in [5, 5.41) is 2.49. The summed E-state index contributed by atoms with van der Waals surface area (Å²) in [4.78, 5) is 21.8. The van der Waals surface area contributed by atoms with Crippen LogP contribution in [0.3, 0.4) is 0 Å². The van der Waals surface area contributed by atoms with E-state index in [0.717, 1.165) is 11.1 Å². The summed E-state index contributed by atoms with van der Waals surface area (Å²) in [6.45, 7) is 2.23. The highest BCUT2D eigenvalue weighted by molar-refractivity contribution is 5.94. The van der Waals surface area contributed by atoms with Crippen LogP contribution in [-0.2, 0) is 13.0 Å². The van der Waals surface area contributed by atoms with Crippen LogP contribution in [0.5, 0.6) is 0 Å². The number of hydrogen-bond donors (Lipinski definition) is 3. The fraction of sp³-hybridized carbons (Fsp3) is 0.273. The molecule has 0 aliphatic heterocycles. The second-order valence-electron chi connectivity index (χ2n) is 3.38. The predicted molar refractivity (Wildman–Crippen MR) is 60.8 cm³/mol. The van der Waals surface area contributed by atoms with Crippen LogP contribution in [0.1, 0.15) is 28.4 Å². The Hall–Kier alpha value is -2.04. The van der Waals surface area contributed by atoms with Gasteiger partial charge in [0.1, 0.15) is 0 Å². The first-order chi connectivity index (χ1) is 7.56. The van der Waals surface area contributed by atoms with E-state index in [1.165, 1.54) is 0 Å². The Morgan fingerprint density at radius 3 is 2.50 bits per heavy atom. The molecule has 0 saturated heterocycles. The maximum atomic E-state index is 11.2. The van der Waals surface area contributed by atoms with Crippen LogP contribution >= 0.6 is 0 Å². The number of amides is 3. The second kappa shape index (κ2) is 5.16. The Kier molecular flexibility index (Phi) is 3.88. The second-order valence-corrected chi connectivity index (χ2v) is 3.38. The number of rotatable bonds is 4. The molecule has 0 spiro atoms. The van der Waals surface area contributed by atoms with Gasteiger partial charge in [-0.1, -0.05) is 19.1 Å². The molecule has 1 rings (SSSR count). The van der Waals surface area contributed by atoms with E-state index in [2.05, 4.69) is 5.32 Å².